The average molecular weight is 602 g/mol. The largest absolute Gasteiger partial charge is 0.493 e. The van der Waals surface area contributed by atoms with Crippen LogP contribution in [0.2, 0.25) is 0 Å². The van der Waals surface area contributed by atoms with Gasteiger partial charge in [-0.25, -0.2) is 9.59 Å². The number of rotatable bonds is 10. The molecule has 2 bridgehead atoms. The Morgan fingerprint density at radius 3 is 2.56 bits per heavy atom. The number of likely N-dealkylation sites (tertiary alicyclic amines) is 1. The van der Waals surface area contributed by atoms with E-state index in [0.717, 1.165) is 18.1 Å². The Morgan fingerprint density at radius 2 is 1.88 bits per heavy atom. The zero-order valence-electron chi connectivity index (χ0n) is 25.3. The van der Waals surface area contributed by atoms with Crippen molar-refractivity contribution in [1.82, 2.24) is 4.90 Å². The molecule has 4 aliphatic rings. The van der Waals surface area contributed by atoms with E-state index in [1.165, 1.54) is 6.92 Å². The Balaban J connectivity index is 1.34. The third-order valence-corrected chi connectivity index (χ3v) is 8.90. The summed E-state index contributed by atoms with van der Waals surface area (Å²) in [6.45, 7) is 6.95. The van der Waals surface area contributed by atoms with Gasteiger partial charge in [-0.3, -0.25) is 9.59 Å². The summed E-state index contributed by atoms with van der Waals surface area (Å²) < 4.78 is 33.2. The maximum atomic E-state index is 13.3. The topological polar surface area (TPSA) is 147 Å². The fourth-order valence-corrected chi connectivity index (χ4v) is 6.93. The highest BCUT2D eigenvalue weighted by Gasteiger charge is 2.72. The van der Waals surface area contributed by atoms with Gasteiger partial charge in [0, 0.05) is 24.9 Å². The van der Waals surface area contributed by atoms with Crippen molar-refractivity contribution in [2.75, 3.05) is 27.3 Å². The Bertz CT molecular complexity index is 1360. The van der Waals surface area contributed by atoms with Crippen molar-refractivity contribution in [2.24, 2.45) is 5.92 Å². The van der Waals surface area contributed by atoms with Gasteiger partial charge in [0.05, 0.1) is 31.2 Å². The van der Waals surface area contributed by atoms with Crippen LogP contribution in [0.3, 0.4) is 0 Å². The average Bonchev–Trinajstić information content (AvgIpc) is 3.30. The summed E-state index contributed by atoms with van der Waals surface area (Å²) in [5, 5.41) is 12.3. The summed E-state index contributed by atoms with van der Waals surface area (Å²) in [5.74, 6) is -2.19. The minimum absolute atomic E-state index is 0.0702. The number of hydrogen-bond donors (Lipinski definition) is 1. The highest BCUT2D eigenvalue weighted by Crippen LogP contribution is 2.65. The predicted molar refractivity (Wildman–Crippen MR) is 149 cm³/mol. The molecule has 0 radical (unpaired) electrons. The monoisotopic (exact) mass is 601 g/mol. The van der Waals surface area contributed by atoms with E-state index in [1.807, 2.05) is 33.0 Å². The molecule has 2 heterocycles. The van der Waals surface area contributed by atoms with Crippen molar-refractivity contribution in [3.8, 4) is 11.5 Å². The van der Waals surface area contributed by atoms with E-state index < -0.39 is 59.6 Å². The maximum Gasteiger partial charge on any atom is 0.352 e. The molecule has 234 valence electrons. The molecule has 1 saturated heterocycles. The number of likely N-dealkylation sites (N-methyl/N-ethyl adjacent to an activating group) is 1. The minimum atomic E-state index is -1.59. The van der Waals surface area contributed by atoms with Crippen LogP contribution in [0.25, 0.3) is 0 Å². The van der Waals surface area contributed by atoms with Gasteiger partial charge in [-0.2, -0.15) is 0 Å². The van der Waals surface area contributed by atoms with Gasteiger partial charge in [0.25, 0.3) is 0 Å². The number of nitrogens with zero attached hydrogens (tertiary/aromatic N) is 1. The zero-order valence-corrected chi connectivity index (χ0v) is 25.3. The summed E-state index contributed by atoms with van der Waals surface area (Å²) in [4.78, 5) is 52.1. The Morgan fingerprint density at radius 1 is 1.14 bits per heavy atom. The number of benzene rings is 1. The van der Waals surface area contributed by atoms with Crippen molar-refractivity contribution in [3.05, 3.63) is 35.1 Å². The predicted octanol–water partition coefficient (Wildman–Crippen LogP) is 1.97. The van der Waals surface area contributed by atoms with Crippen LogP contribution in [-0.4, -0.2) is 91.1 Å². The molecule has 0 aromatic heterocycles. The number of carbonyl (C=O) groups excluding carboxylic acids is 4. The van der Waals surface area contributed by atoms with Crippen LogP contribution in [0.15, 0.2) is 24.0 Å². The number of hydrogen-bond acceptors (Lipinski definition) is 12. The number of piperidine rings is 1. The molecule has 1 aromatic carbocycles. The summed E-state index contributed by atoms with van der Waals surface area (Å²) in [5.41, 5.74) is -0.107. The summed E-state index contributed by atoms with van der Waals surface area (Å²) in [6.07, 6.45) is -1.29. The molecule has 12 nitrogen and oxygen atoms in total. The van der Waals surface area contributed by atoms with Gasteiger partial charge in [-0.15, -0.1) is 0 Å². The molecular formula is C31H39NO11. The van der Waals surface area contributed by atoms with E-state index in [4.69, 9.17) is 28.4 Å². The van der Waals surface area contributed by atoms with Crippen molar-refractivity contribution in [1.29, 1.82) is 0 Å². The number of methoxy groups -OCH3 is 1. The minimum Gasteiger partial charge on any atom is -0.493 e. The molecule has 5 rings (SSSR count). The van der Waals surface area contributed by atoms with E-state index in [-0.39, 0.29) is 30.7 Å². The third kappa shape index (κ3) is 5.14. The second-order valence-corrected chi connectivity index (χ2v) is 12.2. The smallest absolute Gasteiger partial charge is 0.352 e. The second-order valence-electron chi connectivity index (χ2n) is 12.2. The first-order valence-electron chi connectivity index (χ1n) is 14.6. The van der Waals surface area contributed by atoms with E-state index in [2.05, 4.69) is 4.90 Å². The molecule has 12 heteroatoms. The van der Waals surface area contributed by atoms with E-state index in [0.29, 0.717) is 30.9 Å². The molecule has 43 heavy (non-hydrogen) atoms. The van der Waals surface area contributed by atoms with E-state index in [9.17, 15) is 24.3 Å². The Kier molecular flexibility index (Phi) is 8.21. The van der Waals surface area contributed by atoms with Gasteiger partial charge in [0.2, 0.25) is 6.10 Å². The second kappa shape index (κ2) is 11.5. The standard InChI is InChI=1S/C31H39NO11/c1-16(2)15-39-24(34)14-22(41-18(4)33)29(36)40-17(3)28(35)42-21-9-10-31(37)23-13-19-7-8-20(38-6)26-25(19)30(31,27(21)43-26)11-12-32(23)5/h7-9,16-17,22-23,27,37H,10-15H2,1-6H3/t17-,22-,23+,27-,30-,31+/m0/s1. The Hall–Kier alpha value is -3.64. The SMILES string of the molecule is COc1ccc2c3c1O[C@H]1C(OC(=O)[C@H](C)OC(=O)[C@H](CC(=O)OCC(C)C)OC(C)=O)=CC[C@@]4(O)[C@@H](C2)N(C)CC[C@]314. The van der Waals surface area contributed by atoms with Crippen LogP contribution in [0, 0.1) is 5.92 Å². The normalized spacial score (nSPS) is 28.0. The first kappa shape index (κ1) is 30.8. The summed E-state index contributed by atoms with van der Waals surface area (Å²) >= 11 is 0. The first-order chi connectivity index (χ1) is 20.3. The lowest BCUT2D eigenvalue weighted by Crippen LogP contribution is -2.74. The summed E-state index contributed by atoms with van der Waals surface area (Å²) in [6, 6.07) is 3.68. The van der Waals surface area contributed by atoms with Gasteiger partial charge < -0.3 is 38.4 Å². The van der Waals surface area contributed by atoms with E-state index >= 15 is 0 Å². The van der Waals surface area contributed by atoms with Gasteiger partial charge >= 0.3 is 23.9 Å². The van der Waals surface area contributed by atoms with Crippen LogP contribution in [0.5, 0.6) is 11.5 Å². The van der Waals surface area contributed by atoms with Crippen molar-refractivity contribution in [2.45, 2.75) is 88.7 Å². The molecule has 0 amide bonds. The fourth-order valence-electron chi connectivity index (χ4n) is 6.93. The molecule has 0 unspecified atom stereocenters. The van der Waals surface area contributed by atoms with Crippen molar-refractivity contribution in [3.63, 3.8) is 0 Å². The lowest BCUT2D eigenvalue weighted by atomic mass is 9.50. The molecule has 6 atom stereocenters. The molecule has 1 spiro atoms. The maximum absolute atomic E-state index is 13.3. The quantitative estimate of drug-likeness (QED) is 0.309. The van der Waals surface area contributed by atoms with Crippen molar-refractivity contribution < 1.29 is 52.7 Å². The molecule has 1 aromatic rings. The zero-order chi connectivity index (χ0) is 31.3. The number of aliphatic hydroxyl groups is 1. The molecule has 1 fully saturated rings. The van der Waals surface area contributed by atoms with Crippen LogP contribution in [-0.2, 0) is 50.0 Å². The Labute approximate surface area is 250 Å². The van der Waals surface area contributed by atoms with Crippen molar-refractivity contribution >= 4 is 23.9 Å². The van der Waals surface area contributed by atoms with Gasteiger partial charge in [0.15, 0.2) is 23.7 Å². The molecule has 2 aliphatic heterocycles. The van der Waals surface area contributed by atoms with Crippen LogP contribution < -0.4 is 9.47 Å². The fraction of sp³-hybridized carbons (Fsp3) is 0.613. The molecular weight excluding hydrogens is 562 g/mol. The highest BCUT2D eigenvalue weighted by molar-refractivity contribution is 5.86. The van der Waals surface area contributed by atoms with Crippen LogP contribution in [0.4, 0.5) is 0 Å². The molecule has 1 N–H and O–H groups in total. The summed E-state index contributed by atoms with van der Waals surface area (Å²) in [7, 11) is 3.55. The third-order valence-electron chi connectivity index (χ3n) is 8.90. The van der Waals surface area contributed by atoms with Gasteiger partial charge in [0.1, 0.15) is 5.76 Å². The van der Waals surface area contributed by atoms with Gasteiger partial charge in [-0.05, 0) is 57.0 Å². The first-order valence-corrected chi connectivity index (χ1v) is 14.6. The number of esters is 4. The van der Waals surface area contributed by atoms with Gasteiger partial charge in [-0.1, -0.05) is 19.9 Å². The molecule has 0 saturated carbocycles. The van der Waals surface area contributed by atoms with Crippen LogP contribution >= 0.6 is 0 Å². The van der Waals surface area contributed by atoms with Crippen LogP contribution in [0.1, 0.15) is 58.1 Å². The lowest BCUT2D eigenvalue weighted by molar-refractivity contribution is -0.182. The number of ether oxygens (including phenoxy) is 6. The lowest BCUT2D eigenvalue weighted by Gasteiger charge is -2.61. The highest BCUT2D eigenvalue weighted by atomic mass is 16.6. The van der Waals surface area contributed by atoms with E-state index in [1.54, 1.807) is 13.2 Å². The molecule has 2 aliphatic carbocycles. The number of carbonyl (C=O) groups is 4.